The molecule has 0 aliphatic rings. The molecule has 0 amide bonds. The lowest BCUT2D eigenvalue weighted by Gasteiger charge is -2.08. The summed E-state index contributed by atoms with van der Waals surface area (Å²) in [4.78, 5) is 14.8. The first-order chi connectivity index (χ1) is 11.1. The number of hydrogen-bond donors (Lipinski definition) is 2. The number of aromatic amines is 1. The van der Waals surface area contributed by atoms with Gasteiger partial charge in [-0.25, -0.2) is 4.39 Å². The highest BCUT2D eigenvalue weighted by Crippen LogP contribution is 2.26. The van der Waals surface area contributed by atoms with E-state index in [1.165, 1.54) is 12.1 Å². The minimum atomic E-state index is -0.341. The third kappa shape index (κ3) is 2.79. The van der Waals surface area contributed by atoms with Crippen molar-refractivity contribution in [3.63, 3.8) is 0 Å². The number of nitriles is 1. The van der Waals surface area contributed by atoms with Crippen LogP contribution in [0.5, 0.6) is 0 Å². The van der Waals surface area contributed by atoms with Gasteiger partial charge in [-0.2, -0.15) is 10.4 Å². The summed E-state index contributed by atoms with van der Waals surface area (Å²) < 4.78 is 14.7. The van der Waals surface area contributed by atoms with Gasteiger partial charge in [-0.05, 0) is 37.3 Å². The Balaban J connectivity index is 2.11. The zero-order valence-corrected chi connectivity index (χ0v) is 12.4. The van der Waals surface area contributed by atoms with Crippen molar-refractivity contribution in [3.8, 4) is 6.07 Å². The van der Waals surface area contributed by atoms with E-state index in [9.17, 15) is 9.18 Å². The van der Waals surface area contributed by atoms with Gasteiger partial charge in [0.05, 0.1) is 24.0 Å². The van der Waals surface area contributed by atoms with E-state index >= 15 is 0 Å². The highest BCUT2D eigenvalue weighted by atomic mass is 19.1. The molecule has 2 heterocycles. The average Bonchev–Trinajstić information content (AvgIpc) is 2.90. The van der Waals surface area contributed by atoms with Crippen LogP contribution >= 0.6 is 0 Å². The Morgan fingerprint density at radius 2 is 2.13 bits per heavy atom. The summed E-state index contributed by atoms with van der Waals surface area (Å²) in [7, 11) is 0. The first-order valence-electron chi connectivity index (χ1n) is 7.09. The van der Waals surface area contributed by atoms with E-state index in [1.54, 1.807) is 29.1 Å². The zero-order chi connectivity index (χ0) is 16.4. The van der Waals surface area contributed by atoms with Crippen LogP contribution in [0.4, 0.5) is 15.9 Å². The molecule has 0 bridgehead atoms. The Kier molecular flexibility index (Phi) is 3.81. The van der Waals surface area contributed by atoms with E-state index in [1.807, 2.05) is 6.92 Å². The Labute approximate surface area is 131 Å². The third-order valence-electron chi connectivity index (χ3n) is 3.54. The minimum absolute atomic E-state index is 0.173. The van der Waals surface area contributed by atoms with Crippen molar-refractivity contribution >= 4 is 22.4 Å². The Morgan fingerprint density at radius 3 is 2.83 bits per heavy atom. The van der Waals surface area contributed by atoms with Gasteiger partial charge in [-0.1, -0.05) is 0 Å². The van der Waals surface area contributed by atoms with Crippen molar-refractivity contribution in [2.75, 3.05) is 5.32 Å². The van der Waals surface area contributed by atoms with Gasteiger partial charge in [-0.3, -0.25) is 9.48 Å². The fourth-order valence-corrected chi connectivity index (χ4v) is 2.41. The Morgan fingerprint density at radius 1 is 1.39 bits per heavy atom. The van der Waals surface area contributed by atoms with Gasteiger partial charge in [0.25, 0.3) is 5.56 Å². The van der Waals surface area contributed by atoms with Crippen LogP contribution < -0.4 is 10.9 Å². The summed E-state index contributed by atoms with van der Waals surface area (Å²) in [5, 5.41) is 16.7. The zero-order valence-electron chi connectivity index (χ0n) is 12.4. The molecule has 3 rings (SSSR count). The molecule has 0 fully saturated rings. The van der Waals surface area contributed by atoms with Crippen LogP contribution in [0.2, 0.25) is 0 Å². The van der Waals surface area contributed by atoms with Gasteiger partial charge >= 0.3 is 0 Å². The van der Waals surface area contributed by atoms with Crippen molar-refractivity contribution in [2.24, 2.45) is 0 Å². The molecule has 2 N–H and O–H groups in total. The number of halogens is 1. The number of fused-ring (bicyclic) bond motifs is 1. The van der Waals surface area contributed by atoms with Gasteiger partial charge in [0.15, 0.2) is 5.82 Å². The van der Waals surface area contributed by atoms with Crippen LogP contribution in [0.3, 0.4) is 0 Å². The second-order valence-corrected chi connectivity index (χ2v) is 5.20. The van der Waals surface area contributed by atoms with E-state index < -0.39 is 0 Å². The number of rotatable bonds is 4. The van der Waals surface area contributed by atoms with Gasteiger partial charge in [0.1, 0.15) is 11.2 Å². The van der Waals surface area contributed by atoms with Crippen LogP contribution in [0, 0.1) is 17.1 Å². The van der Waals surface area contributed by atoms with Gasteiger partial charge < -0.3 is 10.3 Å². The number of nitrogens with one attached hydrogen (secondary N) is 2. The van der Waals surface area contributed by atoms with Crippen molar-refractivity contribution in [1.29, 1.82) is 5.26 Å². The Hall–Kier alpha value is -3.14. The Bertz CT molecular complexity index is 936. The molecular formula is C16H14FN5O. The topological polar surface area (TPSA) is 86.5 Å². The van der Waals surface area contributed by atoms with E-state index in [2.05, 4.69) is 21.5 Å². The number of aromatic nitrogens is 3. The second-order valence-electron chi connectivity index (χ2n) is 5.20. The van der Waals surface area contributed by atoms with E-state index in [-0.39, 0.29) is 23.8 Å². The molecule has 1 unspecified atom stereocenters. The normalized spacial score (nSPS) is 12.0. The summed E-state index contributed by atoms with van der Waals surface area (Å²) in [6.07, 6.45) is 1.82. The average molecular weight is 311 g/mol. The molecule has 1 aromatic carbocycles. The molecule has 0 saturated carbocycles. The van der Waals surface area contributed by atoms with Gasteiger partial charge in [0.2, 0.25) is 0 Å². The summed E-state index contributed by atoms with van der Waals surface area (Å²) in [6.45, 7) is 1.86. The molecule has 1 atom stereocenters. The molecule has 23 heavy (non-hydrogen) atoms. The molecule has 0 aliphatic carbocycles. The number of H-pyrrole nitrogens is 1. The molecule has 0 spiro atoms. The van der Waals surface area contributed by atoms with Crippen molar-refractivity contribution < 1.29 is 4.39 Å². The first-order valence-corrected chi connectivity index (χ1v) is 7.09. The maximum atomic E-state index is 13.0. The van der Waals surface area contributed by atoms with Crippen molar-refractivity contribution in [1.82, 2.24) is 14.8 Å². The molecular weight excluding hydrogens is 297 g/mol. The summed E-state index contributed by atoms with van der Waals surface area (Å²) >= 11 is 0. The highest BCUT2D eigenvalue weighted by Gasteiger charge is 2.17. The summed E-state index contributed by atoms with van der Waals surface area (Å²) in [5.74, 6) is 0.0321. The highest BCUT2D eigenvalue weighted by molar-refractivity contribution is 5.91. The monoisotopic (exact) mass is 311 g/mol. The van der Waals surface area contributed by atoms with E-state index in [0.717, 1.165) is 0 Å². The number of hydrogen-bond acceptors (Lipinski definition) is 4. The lowest BCUT2D eigenvalue weighted by Crippen LogP contribution is -2.08. The largest absolute Gasteiger partial charge is 0.338 e. The smallest absolute Gasteiger partial charge is 0.261 e. The standard InChI is InChI=1S/C16H14FN5O/c1-10(6-8-18)22-13-7-9-19-16(23)14(13)15(21-22)20-12-4-2-11(17)3-5-12/h2-5,7,9-10H,6H2,1H3,(H,19,23)(H,20,21). The van der Waals surface area contributed by atoms with E-state index in [4.69, 9.17) is 5.26 Å². The molecule has 0 radical (unpaired) electrons. The molecule has 116 valence electrons. The number of nitrogens with zero attached hydrogens (tertiary/aromatic N) is 3. The van der Waals surface area contributed by atoms with E-state index in [0.29, 0.717) is 22.4 Å². The fraction of sp³-hybridized carbons (Fsp3) is 0.188. The van der Waals surface area contributed by atoms with Gasteiger partial charge in [-0.15, -0.1) is 0 Å². The first kappa shape index (κ1) is 14.8. The van der Waals surface area contributed by atoms with Crippen molar-refractivity contribution in [2.45, 2.75) is 19.4 Å². The van der Waals surface area contributed by atoms with Gasteiger partial charge in [0, 0.05) is 11.9 Å². The molecule has 0 saturated heterocycles. The number of anilines is 2. The summed E-state index contributed by atoms with van der Waals surface area (Å²) in [6, 6.07) is 9.45. The van der Waals surface area contributed by atoms with Crippen LogP contribution in [-0.2, 0) is 0 Å². The predicted molar refractivity (Wildman–Crippen MR) is 85.0 cm³/mol. The van der Waals surface area contributed by atoms with Crippen molar-refractivity contribution in [3.05, 3.63) is 52.7 Å². The molecule has 0 aliphatic heterocycles. The number of pyridine rings is 1. The van der Waals surface area contributed by atoms with Crippen LogP contribution in [0.1, 0.15) is 19.4 Å². The molecule has 3 aromatic rings. The predicted octanol–water partition coefficient (Wildman–Crippen LogP) is 3.08. The number of benzene rings is 1. The maximum absolute atomic E-state index is 13.0. The maximum Gasteiger partial charge on any atom is 0.261 e. The molecule has 2 aromatic heterocycles. The lowest BCUT2D eigenvalue weighted by molar-refractivity contribution is 0.518. The van der Waals surface area contributed by atoms with Crippen LogP contribution in [-0.4, -0.2) is 14.8 Å². The molecule has 7 heteroatoms. The fourth-order valence-electron chi connectivity index (χ4n) is 2.41. The third-order valence-corrected chi connectivity index (χ3v) is 3.54. The van der Waals surface area contributed by atoms with Crippen LogP contribution in [0.15, 0.2) is 41.3 Å². The second kappa shape index (κ2) is 5.93. The quantitative estimate of drug-likeness (QED) is 0.775. The van der Waals surface area contributed by atoms with Crippen LogP contribution in [0.25, 0.3) is 10.9 Å². The lowest BCUT2D eigenvalue weighted by atomic mass is 10.2. The minimum Gasteiger partial charge on any atom is -0.338 e. The SMILES string of the molecule is CC(CC#N)n1nc(Nc2ccc(F)cc2)c2c(=O)[nH]ccc21. The molecule has 6 nitrogen and oxygen atoms in total. The summed E-state index contributed by atoms with van der Waals surface area (Å²) in [5.41, 5.74) is 0.984.